The summed E-state index contributed by atoms with van der Waals surface area (Å²) in [4.78, 5) is 12.1. The number of halogens is 3. The Morgan fingerprint density at radius 3 is 2.79 bits per heavy atom. The van der Waals surface area contributed by atoms with E-state index in [1.165, 1.54) is 0 Å². The smallest absolute Gasteiger partial charge is 0.297 e. The molecule has 2 aromatic heterocycles. The number of hydrogen-bond acceptors (Lipinski definition) is 4. The number of aromatic nitrogens is 3. The third kappa shape index (κ3) is 3.05. The molecule has 0 aliphatic carbocycles. The Bertz CT molecular complexity index is 928. The highest BCUT2D eigenvalue weighted by Gasteiger charge is 2.17. The van der Waals surface area contributed by atoms with Gasteiger partial charge in [0, 0.05) is 16.9 Å². The summed E-state index contributed by atoms with van der Waals surface area (Å²) in [5.74, 6) is -0.357. The van der Waals surface area contributed by atoms with Crippen LogP contribution in [0.4, 0.5) is 20.3 Å². The molecule has 3 aromatic rings. The number of alkyl halides is 2. The highest BCUT2D eigenvalue weighted by Crippen LogP contribution is 2.29. The number of pyridine rings is 1. The van der Waals surface area contributed by atoms with Crippen molar-refractivity contribution in [3.05, 3.63) is 59.0 Å². The van der Waals surface area contributed by atoms with Crippen molar-refractivity contribution >= 4 is 40.2 Å². The Hall–Kier alpha value is -2.60. The van der Waals surface area contributed by atoms with Crippen LogP contribution in [-0.4, -0.2) is 15.0 Å². The molecule has 0 saturated heterocycles. The van der Waals surface area contributed by atoms with Gasteiger partial charge in [-0.25, -0.2) is 18.7 Å². The third-order valence-corrected chi connectivity index (χ3v) is 3.94. The van der Waals surface area contributed by atoms with Crippen LogP contribution < -0.4 is 5.32 Å². The van der Waals surface area contributed by atoms with Gasteiger partial charge in [-0.1, -0.05) is 30.3 Å². The van der Waals surface area contributed by atoms with Gasteiger partial charge in [0.15, 0.2) is 11.6 Å². The van der Waals surface area contributed by atoms with Gasteiger partial charge >= 0.3 is 0 Å². The van der Waals surface area contributed by atoms with Crippen molar-refractivity contribution in [1.29, 1.82) is 0 Å². The molecule has 3 rings (SSSR count). The van der Waals surface area contributed by atoms with E-state index in [-0.39, 0.29) is 5.82 Å². The van der Waals surface area contributed by atoms with Crippen molar-refractivity contribution < 1.29 is 8.78 Å². The molecule has 1 N–H and O–H groups in total. The summed E-state index contributed by atoms with van der Waals surface area (Å²) in [6, 6.07) is 6.94. The lowest BCUT2D eigenvalue weighted by Crippen LogP contribution is -2.04. The monoisotopic (exact) mass is 346 g/mol. The molecule has 0 atom stereocenters. The number of benzene rings is 1. The van der Waals surface area contributed by atoms with Gasteiger partial charge in [-0.05, 0) is 36.2 Å². The van der Waals surface area contributed by atoms with Crippen LogP contribution in [0.1, 0.15) is 23.4 Å². The first-order chi connectivity index (χ1) is 11.5. The van der Waals surface area contributed by atoms with Gasteiger partial charge in [-0.3, -0.25) is 4.98 Å². The largest absolute Gasteiger partial charge is 0.338 e. The Morgan fingerprint density at radius 1 is 1.29 bits per heavy atom. The van der Waals surface area contributed by atoms with E-state index >= 15 is 0 Å². The molecule has 0 bridgehead atoms. The van der Waals surface area contributed by atoms with E-state index in [0.717, 1.165) is 5.56 Å². The van der Waals surface area contributed by atoms with Crippen molar-refractivity contribution in [2.75, 3.05) is 5.32 Å². The van der Waals surface area contributed by atoms with Crippen molar-refractivity contribution in [2.24, 2.45) is 0 Å². The normalized spacial score (nSPS) is 11.0. The first kappa shape index (κ1) is 16.3. The summed E-state index contributed by atoms with van der Waals surface area (Å²) in [5, 5.41) is 3.60. The second kappa shape index (κ2) is 6.49. The predicted octanol–water partition coefficient (Wildman–Crippen LogP) is 5.31. The van der Waals surface area contributed by atoms with Gasteiger partial charge in [0.1, 0.15) is 5.52 Å². The molecule has 0 saturated carbocycles. The fourth-order valence-electron chi connectivity index (χ4n) is 2.22. The van der Waals surface area contributed by atoms with Gasteiger partial charge in [0.05, 0.1) is 5.52 Å². The van der Waals surface area contributed by atoms with Gasteiger partial charge in [0.2, 0.25) is 0 Å². The topological polar surface area (TPSA) is 50.7 Å². The van der Waals surface area contributed by atoms with E-state index in [2.05, 4.69) is 26.8 Å². The molecule has 0 unspecified atom stereocenters. The molecule has 4 nitrogen and oxygen atoms in total. The minimum Gasteiger partial charge on any atom is -0.338 e. The number of rotatable bonds is 4. The fraction of sp³-hybridized carbons (Fsp3) is 0.118. The lowest BCUT2D eigenvalue weighted by Gasteiger charge is -2.13. The molecule has 122 valence electrons. The Balaban J connectivity index is 2.18. The van der Waals surface area contributed by atoms with Crippen molar-refractivity contribution in [1.82, 2.24) is 15.0 Å². The first-order valence-corrected chi connectivity index (χ1v) is 7.48. The lowest BCUT2D eigenvalue weighted by molar-refractivity contribution is 0.141. The lowest BCUT2D eigenvalue weighted by atomic mass is 10.2. The van der Waals surface area contributed by atoms with E-state index in [1.807, 2.05) is 6.92 Å². The quantitative estimate of drug-likeness (QED) is 0.695. The number of fused-ring (bicyclic) bond motifs is 1. The van der Waals surface area contributed by atoms with Crippen LogP contribution in [0.3, 0.4) is 0 Å². The van der Waals surface area contributed by atoms with E-state index in [9.17, 15) is 8.78 Å². The summed E-state index contributed by atoms with van der Waals surface area (Å²) >= 11 is 6.10. The number of hydrogen-bond donors (Lipinski definition) is 1. The summed E-state index contributed by atoms with van der Waals surface area (Å²) < 4.78 is 26.3. The Labute approximate surface area is 142 Å². The molecule has 7 heteroatoms. The summed E-state index contributed by atoms with van der Waals surface area (Å²) in [7, 11) is 0. The summed E-state index contributed by atoms with van der Waals surface area (Å²) in [6.45, 7) is 5.47. The van der Waals surface area contributed by atoms with Crippen LogP contribution >= 0.6 is 11.6 Å². The van der Waals surface area contributed by atoms with Crippen LogP contribution in [0.2, 0.25) is 5.02 Å². The summed E-state index contributed by atoms with van der Waals surface area (Å²) in [6.07, 6.45) is 0.365. The molecule has 0 aliphatic rings. The molecule has 24 heavy (non-hydrogen) atoms. The van der Waals surface area contributed by atoms with E-state index < -0.39 is 12.2 Å². The standard InChI is InChI=1S/C17H13ClF2N4/c1-3-10-7-13-14(21-8-10)16(24-17(23-13)15(19)20)22-12-6-4-5-11(18)9(12)2/h3-8,15H,1H2,2H3,(H,22,23,24). The van der Waals surface area contributed by atoms with E-state index in [1.54, 1.807) is 36.5 Å². The van der Waals surface area contributed by atoms with E-state index in [4.69, 9.17) is 11.6 Å². The fourth-order valence-corrected chi connectivity index (χ4v) is 2.39. The zero-order valence-electron chi connectivity index (χ0n) is 12.7. The Kier molecular flexibility index (Phi) is 4.40. The molecule has 0 fully saturated rings. The highest BCUT2D eigenvalue weighted by molar-refractivity contribution is 6.31. The van der Waals surface area contributed by atoms with Crippen molar-refractivity contribution in [3.8, 4) is 0 Å². The minimum absolute atomic E-state index is 0.205. The molecule has 2 heterocycles. The Morgan fingerprint density at radius 2 is 2.08 bits per heavy atom. The summed E-state index contributed by atoms with van der Waals surface area (Å²) in [5.41, 5.74) is 2.85. The van der Waals surface area contributed by atoms with Crippen LogP contribution in [-0.2, 0) is 0 Å². The molecule has 0 radical (unpaired) electrons. The molecule has 1 aromatic carbocycles. The van der Waals surface area contributed by atoms with Crippen molar-refractivity contribution in [3.63, 3.8) is 0 Å². The van der Waals surface area contributed by atoms with Gasteiger partial charge in [-0.2, -0.15) is 0 Å². The minimum atomic E-state index is -2.79. The van der Waals surface area contributed by atoms with Crippen LogP contribution in [0.5, 0.6) is 0 Å². The van der Waals surface area contributed by atoms with Crippen LogP contribution in [0, 0.1) is 6.92 Å². The maximum absolute atomic E-state index is 13.1. The van der Waals surface area contributed by atoms with Crippen LogP contribution in [0.25, 0.3) is 17.1 Å². The number of nitrogens with one attached hydrogen (secondary N) is 1. The average Bonchev–Trinajstić information content (AvgIpc) is 2.58. The van der Waals surface area contributed by atoms with Gasteiger partial charge in [0.25, 0.3) is 6.43 Å². The van der Waals surface area contributed by atoms with Gasteiger partial charge in [-0.15, -0.1) is 0 Å². The molecule has 0 spiro atoms. The maximum Gasteiger partial charge on any atom is 0.297 e. The third-order valence-electron chi connectivity index (χ3n) is 3.53. The average molecular weight is 347 g/mol. The zero-order chi connectivity index (χ0) is 17.3. The highest BCUT2D eigenvalue weighted by atomic mass is 35.5. The van der Waals surface area contributed by atoms with Gasteiger partial charge < -0.3 is 5.32 Å². The molecular weight excluding hydrogens is 334 g/mol. The van der Waals surface area contributed by atoms with Crippen molar-refractivity contribution in [2.45, 2.75) is 13.3 Å². The molecular formula is C17H13ClF2N4. The van der Waals surface area contributed by atoms with Crippen LogP contribution in [0.15, 0.2) is 37.0 Å². The number of anilines is 2. The second-order valence-electron chi connectivity index (χ2n) is 5.11. The molecule has 0 amide bonds. The second-order valence-corrected chi connectivity index (χ2v) is 5.52. The SMILES string of the molecule is C=Cc1cnc2c(Nc3cccc(Cl)c3C)nc(C(F)F)nc2c1. The van der Waals surface area contributed by atoms with E-state index in [0.29, 0.717) is 27.3 Å². The first-order valence-electron chi connectivity index (χ1n) is 7.10. The zero-order valence-corrected chi connectivity index (χ0v) is 13.5. The number of nitrogens with zero attached hydrogens (tertiary/aromatic N) is 3. The molecule has 0 aliphatic heterocycles. The predicted molar refractivity (Wildman–Crippen MR) is 91.9 cm³/mol. The maximum atomic E-state index is 13.1.